The average molecular weight is 281 g/mol. The topological polar surface area (TPSA) is 69.8 Å². The minimum absolute atomic E-state index is 0.189. The van der Waals surface area contributed by atoms with Crippen LogP contribution in [0.2, 0.25) is 0 Å². The predicted molar refractivity (Wildman–Crippen MR) is 76.0 cm³/mol. The zero-order chi connectivity index (χ0) is 15.0. The number of rotatable bonds is 6. The molecule has 1 saturated heterocycles. The third-order valence-electron chi connectivity index (χ3n) is 3.56. The number of quaternary nitrogens is 1. The van der Waals surface area contributed by atoms with Crippen molar-refractivity contribution in [3.8, 4) is 6.07 Å². The van der Waals surface area contributed by atoms with Gasteiger partial charge >= 0.3 is 0 Å². The maximum atomic E-state index is 11.9. The van der Waals surface area contributed by atoms with Crippen molar-refractivity contribution >= 4 is 5.91 Å². The normalized spacial score (nSPS) is 17.1. The lowest BCUT2D eigenvalue weighted by Gasteiger charge is -2.23. The molecule has 20 heavy (non-hydrogen) atoms. The highest BCUT2D eigenvalue weighted by Crippen LogP contribution is 2.05. The number of carbonyl (C=O) groups excluding carboxylic acids is 1. The molecule has 0 aliphatic carbocycles. The van der Waals surface area contributed by atoms with Crippen molar-refractivity contribution in [3.05, 3.63) is 11.3 Å². The minimum atomic E-state index is -0.282. The van der Waals surface area contributed by atoms with E-state index in [9.17, 15) is 4.79 Å². The Hall–Kier alpha value is -1.58. The molecule has 1 fully saturated rings. The molecular formula is C14H25N4O2+. The van der Waals surface area contributed by atoms with Crippen LogP contribution in [0.4, 0.5) is 0 Å². The van der Waals surface area contributed by atoms with Crippen molar-refractivity contribution in [1.29, 1.82) is 5.26 Å². The van der Waals surface area contributed by atoms with E-state index in [1.165, 1.54) is 4.90 Å². The molecule has 0 unspecified atom stereocenters. The molecule has 0 atom stereocenters. The second kappa shape index (κ2) is 8.56. The minimum Gasteiger partial charge on any atom is -0.380 e. The van der Waals surface area contributed by atoms with Crippen LogP contribution in [0.1, 0.15) is 13.3 Å². The lowest BCUT2D eigenvalue weighted by Crippen LogP contribution is -3.14. The molecule has 0 aromatic heterocycles. The summed E-state index contributed by atoms with van der Waals surface area (Å²) in [6, 6.07) is 1.98. The second-order valence-corrected chi connectivity index (χ2v) is 5.19. The van der Waals surface area contributed by atoms with Gasteiger partial charge in [-0.3, -0.25) is 4.79 Å². The van der Waals surface area contributed by atoms with Crippen molar-refractivity contribution in [2.75, 3.05) is 53.5 Å². The van der Waals surface area contributed by atoms with Crippen molar-refractivity contribution in [1.82, 2.24) is 10.2 Å². The standard InChI is InChI=1S/C14H24N4O2/c1-12(17(2)3)13(11-15)14(19)16-5-4-6-18-7-9-20-10-8-18/h4-10H2,1-3H3,(H,16,19)/p+1/b13-12-. The van der Waals surface area contributed by atoms with Gasteiger partial charge in [0.05, 0.1) is 19.8 Å². The van der Waals surface area contributed by atoms with Crippen LogP contribution in [0, 0.1) is 11.3 Å². The van der Waals surface area contributed by atoms with Crippen LogP contribution < -0.4 is 10.2 Å². The Labute approximate surface area is 121 Å². The lowest BCUT2D eigenvalue weighted by molar-refractivity contribution is -0.908. The Morgan fingerprint density at radius 2 is 2.05 bits per heavy atom. The molecule has 6 nitrogen and oxygen atoms in total. The first-order valence-electron chi connectivity index (χ1n) is 7.04. The highest BCUT2D eigenvalue weighted by Gasteiger charge is 2.15. The van der Waals surface area contributed by atoms with Crippen molar-refractivity contribution in [2.24, 2.45) is 0 Å². The number of hydrogen-bond acceptors (Lipinski definition) is 4. The van der Waals surface area contributed by atoms with Crippen molar-refractivity contribution < 1.29 is 14.4 Å². The van der Waals surface area contributed by atoms with E-state index in [1.54, 1.807) is 11.8 Å². The average Bonchev–Trinajstić information content (AvgIpc) is 2.45. The molecule has 0 spiro atoms. The molecule has 0 saturated carbocycles. The second-order valence-electron chi connectivity index (χ2n) is 5.19. The highest BCUT2D eigenvalue weighted by atomic mass is 16.5. The number of carbonyl (C=O) groups is 1. The Kier molecular flexibility index (Phi) is 7.05. The fourth-order valence-corrected chi connectivity index (χ4v) is 2.06. The first kappa shape index (κ1) is 16.5. The van der Waals surface area contributed by atoms with Gasteiger partial charge in [0.25, 0.3) is 5.91 Å². The molecule has 1 aliphatic heterocycles. The molecule has 0 radical (unpaired) electrons. The van der Waals surface area contributed by atoms with Crippen LogP contribution >= 0.6 is 0 Å². The van der Waals surface area contributed by atoms with E-state index in [2.05, 4.69) is 5.32 Å². The summed E-state index contributed by atoms with van der Waals surface area (Å²) in [6.07, 6.45) is 0.917. The van der Waals surface area contributed by atoms with Gasteiger partial charge in [-0.1, -0.05) is 0 Å². The smallest absolute Gasteiger partial charge is 0.263 e. The fourth-order valence-electron chi connectivity index (χ4n) is 2.06. The Morgan fingerprint density at radius 3 is 2.60 bits per heavy atom. The van der Waals surface area contributed by atoms with Gasteiger partial charge < -0.3 is 19.9 Å². The maximum Gasteiger partial charge on any atom is 0.263 e. The predicted octanol–water partition coefficient (Wildman–Crippen LogP) is -1.23. The monoisotopic (exact) mass is 281 g/mol. The first-order valence-corrected chi connectivity index (χ1v) is 7.04. The molecular weight excluding hydrogens is 256 g/mol. The number of allylic oxidation sites excluding steroid dienone is 1. The molecule has 0 aromatic carbocycles. The third-order valence-corrected chi connectivity index (χ3v) is 3.56. The van der Waals surface area contributed by atoms with E-state index < -0.39 is 0 Å². The Balaban J connectivity index is 2.32. The number of nitrogens with zero attached hydrogens (tertiary/aromatic N) is 2. The van der Waals surface area contributed by atoms with E-state index in [-0.39, 0.29) is 11.5 Å². The summed E-state index contributed by atoms with van der Waals surface area (Å²) in [5.41, 5.74) is 0.873. The highest BCUT2D eigenvalue weighted by molar-refractivity contribution is 5.97. The molecule has 1 aliphatic rings. The summed E-state index contributed by atoms with van der Waals surface area (Å²) in [5, 5.41) is 11.9. The zero-order valence-corrected chi connectivity index (χ0v) is 12.7. The quantitative estimate of drug-likeness (QED) is 0.363. The molecule has 1 amide bonds. The van der Waals surface area contributed by atoms with Gasteiger partial charge in [-0.2, -0.15) is 5.26 Å². The number of hydrogen-bond donors (Lipinski definition) is 2. The maximum absolute atomic E-state index is 11.9. The molecule has 112 valence electrons. The lowest BCUT2D eigenvalue weighted by atomic mass is 10.2. The molecule has 0 aromatic rings. The van der Waals surface area contributed by atoms with Gasteiger partial charge in [0.15, 0.2) is 0 Å². The molecule has 6 heteroatoms. The van der Waals surface area contributed by atoms with Crippen molar-refractivity contribution in [2.45, 2.75) is 13.3 Å². The third kappa shape index (κ3) is 5.19. The van der Waals surface area contributed by atoms with E-state index in [1.807, 2.05) is 20.2 Å². The number of morpholine rings is 1. The van der Waals surface area contributed by atoms with Gasteiger partial charge in [-0.25, -0.2) is 0 Å². The van der Waals surface area contributed by atoms with E-state index in [4.69, 9.17) is 10.00 Å². The van der Waals surface area contributed by atoms with Gasteiger partial charge in [0.1, 0.15) is 24.7 Å². The molecule has 0 bridgehead atoms. The Bertz CT molecular complexity index is 392. The van der Waals surface area contributed by atoms with E-state index in [0.717, 1.165) is 39.3 Å². The molecule has 1 heterocycles. The fraction of sp³-hybridized carbons (Fsp3) is 0.714. The van der Waals surface area contributed by atoms with Gasteiger partial charge in [0, 0.05) is 32.8 Å². The van der Waals surface area contributed by atoms with Gasteiger partial charge in [0.2, 0.25) is 0 Å². The van der Waals surface area contributed by atoms with Gasteiger partial charge in [-0.05, 0) is 6.92 Å². The van der Waals surface area contributed by atoms with Gasteiger partial charge in [-0.15, -0.1) is 0 Å². The van der Waals surface area contributed by atoms with Crippen LogP contribution in [-0.2, 0) is 9.53 Å². The summed E-state index contributed by atoms with van der Waals surface area (Å²) in [5.74, 6) is -0.282. The zero-order valence-electron chi connectivity index (χ0n) is 12.7. The molecule has 1 rings (SSSR count). The number of nitriles is 1. The largest absolute Gasteiger partial charge is 0.380 e. The van der Waals surface area contributed by atoms with E-state index >= 15 is 0 Å². The van der Waals surface area contributed by atoms with Crippen LogP contribution in [0.25, 0.3) is 0 Å². The van der Waals surface area contributed by atoms with Crippen LogP contribution in [0.3, 0.4) is 0 Å². The number of nitrogens with one attached hydrogen (secondary N) is 2. The summed E-state index contributed by atoms with van der Waals surface area (Å²) in [6.45, 7) is 7.14. The first-order chi connectivity index (χ1) is 9.56. The summed E-state index contributed by atoms with van der Waals surface area (Å²) in [7, 11) is 3.64. The summed E-state index contributed by atoms with van der Waals surface area (Å²) in [4.78, 5) is 15.2. The molecule has 2 N–H and O–H groups in total. The van der Waals surface area contributed by atoms with Crippen LogP contribution in [0.15, 0.2) is 11.3 Å². The summed E-state index contributed by atoms with van der Waals surface area (Å²) >= 11 is 0. The van der Waals surface area contributed by atoms with Crippen molar-refractivity contribution in [3.63, 3.8) is 0 Å². The number of ether oxygens (including phenoxy) is 1. The van der Waals surface area contributed by atoms with Crippen LogP contribution in [-0.4, -0.2) is 64.3 Å². The summed E-state index contributed by atoms with van der Waals surface area (Å²) < 4.78 is 5.30. The SMILES string of the molecule is C/C(=C(\C#N)C(=O)NCCC[NH+]1CCOCC1)N(C)C. The van der Waals surface area contributed by atoms with E-state index in [0.29, 0.717) is 12.2 Å². The number of amides is 1. The van der Waals surface area contributed by atoms with Crippen LogP contribution in [0.5, 0.6) is 0 Å². The Morgan fingerprint density at radius 1 is 1.40 bits per heavy atom.